The number of benzene rings is 1. The number of rotatable bonds is 8. The van der Waals surface area contributed by atoms with Gasteiger partial charge < -0.3 is 10.5 Å². The Labute approximate surface area is 281 Å². The molecule has 0 radical (unpaired) electrons. The molecule has 3 aliphatic rings. The number of likely N-dealkylation sites (tertiary alicyclic amines) is 1. The number of aromatic nitrogens is 5. The molecule has 1 aliphatic carbocycles. The number of anilines is 1. The molecule has 3 aromatic heterocycles. The second-order valence-electron chi connectivity index (χ2n) is 14.4. The summed E-state index contributed by atoms with van der Waals surface area (Å²) < 4.78 is 48.9. The maximum absolute atomic E-state index is 13.9. The maximum atomic E-state index is 13.9. The summed E-state index contributed by atoms with van der Waals surface area (Å²) in [4.78, 5) is 42.8. The molecule has 14 heteroatoms. The Morgan fingerprint density at radius 2 is 1.90 bits per heavy atom. The van der Waals surface area contributed by atoms with Crippen LogP contribution >= 0.6 is 0 Å². The number of fused-ring (bicyclic) bond motifs is 2. The number of carbonyl (C=O) groups is 2. The number of piperidine rings is 1. The van der Waals surface area contributed by atoms with Gasteiger partial charge in [-0.3, -0.25) is 19.4 Å². The lowest BCUT2D eigenvalue weighted by atomic mass is 9.72. The van der Waals surface area contributed by atoms with Crippen molar-refractivity contribution in [2.24, 2.45) is 17.6 Å². The lowest BCUT2D eigenvalue weighted by molar-refractivity contribution is -0.176. The lowest BCUT2D eigenvalue weighted by Crippen LogP contribution is -2.63. The van der Waals surface area contributed by atoms with Crippen molar-refractivity contribution in [1.29, 1.82) is 0 Å². The van der Waals surface area contributed by atoms with Crippen molar-refractivity contribution in [3.8, 4) is 16.9 Å². The van der Waals surface area contributed by atoms with Crippen LogP contribution in [0.2, 0.25) is 0 Å². The molecule has 2 atom stereocenters. The monoisotopic (exact) mass is 676 g/mol. The topological polar surface area (TPSA) is 132 Å². The van der Waals surface area contributed by atoms with E-state index in [1.54, 1.807) is 24.4 Å². The maximum Gasteiger partial charge on any atom is 0.265 e. The van der Waals surface area contributed by atoms with Gasteiger partial charge in [0.25, 0.3) is 17.7 Å². The fraction of sp³-hybridized carbons (Fsp3) is 0.486. The molecule has 1 aromatic carbocycles. The number of ether oxygens (including phenoxy) is 1. The highest BCUT2D eigenvalue weighted by atomic mass is 19.3. The van der Waals surface area contributed by atoms with Crippen molar-refractivity contribution >= 4 is 28.5 Å². The molecule has 5 heterocycles. The number of pyridine rings is 1. The van der Waals surface area contributed by atoms with Crippen LogP contribution in [0.15, 0.2) is 36.8 Å². The molecule has 1 saturated carbocycles. The van der Waals surface area contributed by atoms with E-state index in [1.165, 1.54) is 4.90 Å². The van der Waals surface area contributed by atoms with E-state index < -0.39 is 23.2 Å². The van der Waals surface area contributed by atoms with Crippen LogP contribution in [0.5, 0.6) is 5.75 Å². The number of hydrogen-bond donors (Lipinski definition) is 1. The molecule has 7 rings (SSSR count). The molecule has 258 valence electrons. The fourth-order valence-electron chi connectivity index (χ4n) is 7.82. The molecular formula is C35H39F3N8O3. The highest BCUT2D eigenvalue weighted by Crippen LogP contribution is 2.50. The number of carbonyl (C=O) groups excluding carboxylic acids is 2. The van der Waals surface area contributed by atoms with Gasteiger partial charge in [0, 0.05) is 42.4 Å². The van der Waals surface area contributed by atoms with Gasteiger partial charge in [0.05, 0.1) is 48.1 Å². The summed E-state index contributed by atoms with van der Waals surface area (Å²) in [6.45, 7) is 9.23. The van der Waals surface area contributed by atoms with Crippen LogP contribution in [-0.2, 0) is 17.8 Å². The Balaban J connectivity index is 1.28. The fourth-order valence-corrected chi connectivity index (χ4v) is 7.82. The Morgan fingerprint density at radius 1 is 1.16 bits per heavy atom. The van der Waals surface area contributed by atoms with Crippen LogP contribution in [0.3, 0.4) is 0 Å². The van der Waals surface area contributed by atoms with Crippen molar-refractivity contribution in [2.75, 3.05) is 24.6 Å². The predicted molar refractivity (Wildman–Crippen MR) is 176 cm³/mol. The van der Waals surface area contributed by atoms with Gasteiger partial charge in [0.15, 0.2) is 18.1 Å². The summed E-state index contributed by atoms with van der Waals surface area (Å²) in [7, 11) is 0. The Bertz CT molecular complexity index is 1940. The van der Waals surface area contributed by atoms with Gasteiger partial charge in [-0.15, -0.1) is 0 Å². The van der Waals surface area contributed by atoms with E-state index in [0.717, 1.165) is 12.4 Å². The molecule has 2 N–H and O–H groups in total. The average Bonchev–Trinajstić information content (AvgIpc) is 3.44. The van der Waals surface area contributed by atoms with Crippen LogP contribution in [0, 0.1) is 17.7 Å². The predicted octanol–water partition coefficient (Wildman–Crippen LogP) is 5.32. The van der Waals surface area contributed by atoms with Gasteiger partial charge in [0.1, 0.15) is 11.6 Å². The number of amides is 2. The summed E-state index contributed by atoms with van der Waals surface area (Å²) in [5.41, 5.74) is 8.73. The molecule has 0 spiro atoms. The van der Waals surface area contributed by atoms with Crippen molar-refractivity contribution in [3.63, 3.8) is 0 Å². The Morgan fingerprint density at radius 3 is 2.55 bits per heavy atom. The number of hydrogen-bond acceptors (Lipinski definition) is 8. The molecule has 49 heavy (non-hydrogen) atoms. The first-order valence-electron chi connectivity index (χ1n) is 16.6. The number of alkyl halides is 2. The van der Waals surface area contributed by atoms with Crippen LogP contribution in [0.4, 0.5) is 18.9 Å². The third-order valence-electron chi connectivity index (χ3n) is 10.0. The highest BCUT2D eigenvalue weighted by molar-refractivity contribution is 6.09. The summed E-state index contributed by atoms with van der Waals surface area (Å²) in [5, 5.41) is 5.47. The van der Waals surface area contributed by atoms with Gasteiger partial charge in [-0.05, 0) is 49.3 Å². The number of primary amides is 1. The van der Waals surface area contributed by atoms with Crippen molar-refractivity contribution in [1.82, 2.24) is 29.6 Å². The largest absolute Gasteiger partial charge is 0.482 e. The zero-order chi connectivity index (χ0) is 34.8. The van der Waals surface area contributed by atoms with E-state index in [-0.39, 0.29) is 55.6 Å². The second-order valence-corrected chi connectivity index (χ2v) is 14.4. The van der Waals surface area contributed by atoms with Gasteiger partial charge in [-0.25, -0.2) is 32.8 Å². The minimum absolute atomic E-state index is 0.0186. The molecule has 2 amide bonds. The van der Waals surface area contributed by atoms with Crippen LogP contribution in [0.1, 0.15) is 74.9 Å². The van der Waals surface area contributed by atoms with Gasteiger partial charge in [0.2, 0.25) is 0 Å². The standard InChI is InChI=1S/C35H39F3N8O3/c1-19(2)9-24-31(32(39)48)30(21-5-6-26-27(10-21)49-16-29(47)45(26)15-28-40-11-22(36)12-41-28)23-13-42-46(33(23)43-24)25-7-8-44(14-20(25)3)34(4)17-35(37,38)18-34/h5-6,10-13,19-20,25H,7-9,14-18H2,1-4H3,(H2,39,48)/t20-,25-/m1/s1. The second kappa shape index (κ2) is 12.1. The first kappa shape index (κ1) is 32.9. The van der Waals surface area contributed by atoms with Gasteiger partial charge in [-0.2, -0.15) is 5.10 Å². The Kier molecular flexibility index (Phi) is 8.12. The third-order valence-corrected chi connectivity index (χ3v) is 10.0. The summed E-state index contributed by atoms with van der Waals surface area (Å²) in [6, 6.07) is 5.27. The first-order valence-corrected chi connectivity index (χ1v) is 16.6. The zero-order valence-corrected chi connectivity index (χ0v) is 27.9. The molecule has 0 unspecified atom stereocenters. The molecule has 2 fully saturated rings. The van der Waals surface area contributed by atoms with Crippen LogP contribution in [-0.4, -0.2) is 72.6 Å². The molecular weight excluding hydrogens is 637 g/mol. The van der Waals surface area contributed by atoms with E-state index in [1.807, 2.05) is 25.5 Å². The number of nitrogens with zero attached hydrogens (tertiary/aromatic N) is 7. The Hall–Kier alpha value is -4.59. The molecule has 4 aromatic rings. The molecule has 11 nitrogen and oxygen atoms in total. The minimum atomic E-state index is -2.61. The van der Waals surface area contributed by atoms with E-state index in [0.29, 0.717) is 70.8 Å². The van der Waals surface area contributed by atoms with Crippen molar-refractivity contribution in [2.45, 2.75) is 77.4 Å². The van der Waals surface area contributed by atoms with Crippen LogP contribution < -0.4 is 15.4 Å². The van der Waals surface area contributed by atoms with Crippen molar-refractivity contribution < 1.29 is 27.5 Å². The lowest BCUT2D eigenvalue weighted by Gasteiger charge is -2.54. The summed E-state index contributed by atoms with van der Waals surface area (Å²) >= 11 is 0. The van der Waals surface area contributed by atoms with Gasteiger partial charge >= 0.3 is 0 Å². The zero-order valence-electron chi connectivity index (χ0n) is 27.9. The minimum Gasteiger partial charge on any atom is -0.482 e. The molecule has 1 saturated heterocycles. The quantitative estimate of drug-likeness (QED) is 0.265. The SMILES string of the molecule is CC(C)Cc1nc2c(cnn2[C@@H]2CCN(C3(C)CC(F)(F)C3)C[C@H]2C)c(-c2ccc3c(c2)OCC(=O)N3Cc2ncc(F)cn2)c1C(N)=O. The smallest absolute Gasteiger partial charge is 0.265 e. The van der Waals surface area contributed by atoms with Crippen LogP contribution in [0.25, 0.3) is 22.2 Å². The van der Waals surface area contributed by atoms with E-state index in [9.17, 15) is 22.8 Å². The normalized spacial score (nSPS) is 21.8. The van der Waals surface area contributed by atoms with Gasteiger partial charge in [-0.1, -0.05) is 26.8 Å². The summed E-state index contributed by atoms with van der Waals surface area (Å²) in [6.07, 6.45) is 4.75. The third kappa shape index (κ3) is 6.00. The average molecular weight is 677 g/mol. The molecule has 2 aliphatic heterocycles. The molecule has 0 bridgehead atoms. The highest BCUT2D eigenvalue weighted by Gasteiger charge is 2.57. The number of halogens is 3. The first-order chi connectivity index (χ1) is 23.2. The summed E-state index contributed by atoms with van der Waals surface area (Å²) in [5.74, 6) is -3.17. The van der Waals surface area contributed by atoms with Crippen molar-refractivity contribution in [3.05, 3.63) is 59.7 Å². The van der Waals surface area contributed by atoms with E-state index in [4.69, 9.17) is 20.6 Å². The van der Waals surface area contributed by atoms with E-state index >= 15 is 0 Å². The van der Waals surface area contributed by atoms with E-state index in [2.05, 4.69) is 21.8 Å². The number of nitrogens with two attached hydrogens (primary N) is 1.